The van der Waals surface area contributed by atoms with Crippen LogP contribution < -0.4 is 0 Å². The molecule has 2 saturated heterocycles. The number of likely N-dealkylation sites (tertiary alicyclic amines) is 2. The Morgan fingerprint density at radius 2 is 1.43 bits per heavy atom. The van der Waals surface area contributed by atoms with Gasteiger partial charge in [0.15, 0.2) is 0 Å². The molecule has 0 unspecified atom stereocenters. The lowest BCUT2D eigenvalue weighted by Gasteiger charge is -2.42. The molecule has 2 aliphatic rings. The predicted molar refractivity (Wildman–Crippen MR) is 146 cm³/mol. The zero-order chi connectivity index (χ0) is 32.6. The Bertz CT molecular complexity index is 1370. The Kier molecular flexibility index (Phi) is 9.65. The molecule has 0 aromatic heterocycles. The molecular weight excluding hydrogens is 595 g/mol. The number of amides is 3. The molecule has 2 atom stereocenters. The maximum atomic E-state index is 14.0. The summed E-state index contributed by atoms with van der Waals surface area (Å²) in [6, 6.07) is 5.32. The summed E-state index contributed by atoms with van der Waals surface area (Å²) in [5.74, 6) is -2.83. The number of carbonyl (C=O) groups is 3. The van der Waals surface area contributed by atoms with E-state index < -0.39 is 53.6 Å². The number of halogens is 7. The second-order valence-corrected chi connectivity index (χ2v) is 11.7. The van der Waals surface area contributed by atoms with Crippen molar-refractivity contribution < 1.29 is 45.1 Å². The molecule has 0 spiro atoms. The number of carbonyl (C=O) groups excluding carboxylic acids is 3. The Morgan fingerprint density at radius 3 is 1.95 bits per heavy atom. The molecule has 2 fully saturated rings. The van der Waals surface area contributed by atoms with E-state index in [0.717, 1.165) is 4.90 Å². The quantitative estimate of drug-likeness (QED) is 0.380. The van der Waals surface area contributed by atoms with Crippen LogP contribution in [0.2, 0.25) is 0 Å². The van der Waals surface area contributed by atoms with Crippen LogP contribution >= 0.6 is 0 Å². The molecule has 3 amide bonds. The highest BCUT2D eigenvalue weighted by Crippen LogP contribution is 2.39. The van der Waals surface area contributed by atoms with E-state index in [2.05, 4.69) is 0 Å². The molecule has 0 aliphatic carbocycles. The van der Waals surface area contributed by atoms with Crippen LogP contribution in [0.3, 0.4) is 0 Å². The largest absolute Gasteiger partial charge is 0.416 e. The van der Waals surface area contributed by atoms with Gasteiger partial charge in [0.05, 0.1) is 11.1 Å². The second-order valence-electron chi connectivity index (χ2n) is 11.7. The fourth-order valence-corrected chi connectivity index (χ4v) is 6.26. The van der Waals surface area contributed by atoms with Crippen molar-refractivity contribution in [2.75, 3.05) is 33.2 Å². The summed E-state index contributed by atoms with van der Waals surface area (Å²) in [5.41, 5.74) is -2.09. The van der Waals surface area contributed by atoms with E-state index in [4.69, 9.17) is 0 Å². The smallest absolute Gasteiger partial charge is 0.343 e. The van der Waals surface area contributed by atoms with Crippen molar-refractivity contribution in [1.82, 2.24) is 14.7 Å². The molecule has 0 N–H and O–H groups in total. The maximum absolute atomic E-state index is 14.0. The second kappa shape index (κ2) is 12.8. The number of hydrogen-bond donors (Lipinski definition) is 0. The Balaban J connectivity index is 1.58. The molecule has 13 heteroatoms. The van der Waals surface area contributed by atoms with Gasteiger partial charge in [-0.15, -0.1) is 0 Å². The van der Waals surface area contributed by atoms with Gasteiger partial charge in [-0.3, -0.25) is 14.4 Å². The highest BCUT2D eigenvalue weighted by atomic mass is 19.4. The van der Waals surface area contributed by atoms with Crippen LogP contribution in [0.25, 0.3) is 0 Å². The average molecular weight is 630 g/mol. The van der Waals surface area contributed by atoms with Gasteiger partial charge in [0.1, 0.15) is 5.82 Å². The minimum absolute atomic E-state index is 0.0371. The van der Waals surface area contributed by atoms with Crippen molar-refractivity contribution in [3.8, 4) is 0 Å². The molecule has 0 bridgehead atoms. The Hall–Kier alpha value is -3.64. The maximum Gasteiger partial charge on any atom is 0.416 e. The van der Waals surface area contributed by atoms with Crippen LogP contribution in [0.5, 0.6) is 0 Å². The van der Waals surface area contributed by atoms with Crippen molar-refractivity contribution in [3.63, 3.8) is 0 Å². The SMILES string of the molecule is CC(=O)N1CCC(C(=O)N2CC[C@@H](C(=O)N(C)Cc3cc(C(F)(F)F)cc(C(F)(F)F)c3)[C@H](c3ccc(F)cc3C)C2)CC1. The molecule has 4 rings (SSSR count). The molecule has 44 heavy (non-hydrogen) atoms. The van der Waals surface area contributed by atoms with Gasteiger partial charge in [0, 0.05) is 64.4 Å². The molecule has 2 aromatic carbocycles. The van der Waals surface area contributed by atoms with E-state index in [1.807, 2.05) is 0 Å². The van der Waals surface area contributed by atoms with Crippen molar-refractivity contribution >= 4 is 17.7 Å². The van der Waals surface area contributed by atoms with Gasteiger partial charge >= 0.3 is 12.4 Å². The summed E-state index contributed by atoms with van der Waals surface area (Å²) in [7, 11) is 1.31. The summed E-state index contributed by atoms with van der Waals surface area (Å²) in [6.07, 6.45) is -8.86. The molecule has 2 aliphatic heterocycles. The molecule has 2 aromatic rings. The average Bonchev–Trinajstić information content (AvgIpc) is 2.95. The summed E-state index contributed by atoms with van der Waals surface area (Å²) in [5, 5.41) is 0. The molecule has 0 radical (unpaired) electrons. The third-order valence-electron chi connectivity index (χ3n) is 8.61. The minimum Gasteiger partial charge on any atom is -0.343 e. The zero-order valence-corrected chi connectivity index (χ0v) is 24.6. The predicted octanol–water partition coefficient (Wildman–Crippen LogP) is 6.02. The highest BCUT2D eigenvalue weighted by molar-refractivity contribution is 5.82. The van der Waals surface area contributed by atoms with Gasteiger partial charge < -0.3 is 14.7 Å². The first-order chi connectivity index (χ1) is 20.5. The monoisotopic (exact) mass is 629 g/mol. The van der Waals surface area contributed by atoms with Gasteiger partial charge in [0.2, 0.25) is 17.7 Å². The van der Waals surface area contributed by atoms with E-state index in [0.29, 0.717) is 49.2 Å². The van der Waals surface area contributed by atoms with Gasteiger partial charge in [-0.25, -0.2) is 4.39 Å². The lowest BCUT2D eigenvalue weighted by Crippen LogP contribution is -2.50. The van der Waals surface area contributed by atoms with Crippen LogP contribution in [0.4, 0.5) is 30.7 Å². The van der Waals surface area contributed by atoms with Crippen molar-refractivity contribution in [3.05, 3.63) is 70.0 Å². The number of nitrogens with zero attached hydrogens (tertiary/aromatic N) is 3. The first-order valence-electron chi connectivity index (χ1n) is 14.3. The van der Waals surface area contributed by atoms with E-state index in [-0.39, 0.29) is 48.9 Å². The first kappa shape index (κ1) is 33.3. The minimum atomic E-state index is -5.02. The van der Waals surface area contributed by atoms with Crippen molar-refractivity contribution in [2.45, 2.75) is 57.9 Å². The lowest BCUT2D eigenvalue weighted by molar-refractivity contribution is -0.145. The third kappa shape index (κ3) is 7.52. The van der Waals surface area contributed by atoms with Crippen molar-refractivity contribution in [2.24, 2.45) is 11.8 Å². The van der Waals surface area contributed by atoms with E-state index >= 15 is 0 Å². The molecule has 240 valence electrons. The number of rotatable bonds is 5. The molecular formula is C31H34F7N3O3. The van der Waals surface area contributed by atoms with Crippen LogP contribution in [0.15, 0.2) is 36.4 Å². The van der Waals surface area contributed by atoms with Crippen LogP contribution in [0, 0.1) is 24.6 Å². The summed E-state index contributed by atoms with van der Waals surface area (Å²) < 4.78 is 94.4. The molecule has 0 saturated carbocycles. The van der Waals surface area contributed by atoms with Gasteiger partial charge in [-0.2, -0.15) is 26.3 Å². The van der Waals surface area contributed by atoms with E-state index in [9.17, 15) is 45.1 Å². The zero-order valence-electron chi connectivity index (χ0n) is 24.6. The highest BCUT2D eigenvalue weighted by Gasteiger charge is 2.41. The van der Waals surface area contributed by atoms with E-state index in [1.165, 1.54) is 32.2 Å². The fraction of sp³-hybridized carbons (Fsp3) is 0.516. The number of hydrogen-bond acceptors (Lipinski definition) is 3. The summed E-state index contributed by atoms with van der Waals surface area (Å²) >= 11 is 0. The standard InChI is InChI=1S/C31H34F7N3O3/c1-18-12-24(32)4-5-25(18)27-17-41(28(43)21-6-9-40(10-7-21)19(2)42)11-8-26(27)29(44)39(3)16-20-13-22(30(33,34)35)15-23(14-20)31(36,37)38/h4-5,12-15,21,26-27H,6-11,16-17H2,1-3H3/t26-,27+/m1/s1. The Labute approximate surface area is 250 Å². The normalized spacial score (nSPS) is 20.0. The van der Waals surface area contributed by atoms with Crippen LogP contribution in [-0.4, -0.2) is 65.6 Å². The van der Waals surface area contributed by atoms with Gasteiger partial charge in [-0.1, -0.05) is 6.07 Å². The third-order valence-corrected chi connectivity index (χ3v) is 8.61. The lowest BCUT2D eigenvalue weighted by atomic mass is 9.77. The summed E-state index contributed by atoms with van der Waals surface area (Å²) in [6.45, 7) is 3.89. The topological polar surface area (TPSA) is 60.9 Å². The van der Waals surface area contributed by atoms with Crippen LogP contribution in [-0.2, 0) is 33.3 Å². The number of benzene rings is 2. The molecule has 2 heterocycles. The fourth-order valence-electron chi connectivity index (χ4n) is 6.26. The van der Waals surface area contributed by atoms with Gasteiger partial charge in [0.25, 0.3) is 0 Å². The number of alkyl halides is 6. The summed E-state index contributed by atoms with van der Waals surface area (Å²) in [4.78, 5) is 43.4. The van der Waals surface area contributed by atoms with E-state index in [1.54, 1.807) is 16.7 Å². The Morgan fingerprint density at radius 1 is 0.864 bits per heavy atom. The number of aryl methyl sites for hydroxylation is 1. The number of piperidine rings is 2. The van der Waals surface area contributed by atoms with Crippen LogP contribution in [0.1, 0.15) is 59.9 Å². The van der Waals surface area contributed by atoms with Crippen molar-refractivity contribution in [1.29, 1.82) is 0 Å². The van der Waals surface area contributed by atoms with Gasteiger partial charge in [-0.05, 0) is 73.2 Å². The first-order valence-corrected chi connectivity index (χ1v) is 14.3. The molecule has 6 nitrogen and oxygen atoms in total.